The van der Waals surface area contributed by atoms with Gasteiger partial charge < -0.3 is 24.8 Å². The highest BCUT2D eigenvalue weighted by molar-refractivity contribution is 5.99. The zero-order valence-electron chi connectivity index (χ0n) is 28.4. The number of benzene rings is 1. The van der Waals surface area contributed by atoms with E-state index in [0.29, 0.717) is 87.9 Å². The van der Waals surface area contributed by atoms with E-state index in [0.717, 1.165) is 18.2 Å². The van der Waals surface area contributed by atoms with Crippen molar-refractivity contribution in [2.75, 3.05) is 44.3 Å². The summed E-state index contributed by atoms with van der Waals surface area (Å²) in [6.07, 6.45) is -3.26. The number of amides is 1. The predicted octanol–water partition coefficient (Wildman–Crippen LogP) is 6.11. The number of aromatic nitrogens is 2. The molecule has 1 aromatic heterocycles. The molecule has 1 aromatic carbocycles. The van der Waals surface area contributed by atoms with Crippen molar-refractivity contribution in [1.29, 1.82) is 0 Å². The highest BCUT2D eigenvalue weighted by atomic mass is 19.4. The number of carboxylic acids is 1. The highest BCUT2D eigenvalue weighted by Gasteiger charge is 2.62. The van der Waals surface area contributed by atoms with Gasteiger partial charge in [0.05, 0.1) is 12.1 Å². The van der Waals surface area contributed by atoms with E-state index in [2.05, 4.69) is 15.3 Å². The number of aliphatic carboxylic acids is 1. The van der Waals surface area contributed by atoms with Gasteiger partial charge in [-0.25, -0.2) is 14.8 Å². The number of hydrogen-bond acceptors (Lipinski definition) is 8. The van der Waals surface area contributed by atoms with Crippen LogP contribution in [-0.4, -0.2) is 89.1 Å². The molecule has 4 heterocycles. The van der Waals surface area contributed by atoms with E-state index >= 15 is 0 Å². The average Bonchev–Trinajstić information content (AvgIpc) is 3.38. The van der Waals surface area contributed by atoms with E-state index in [4.69, 9.17) is 9.47 Å². The number of nitrogens with zero attached hydrogens (tertiary/aromatic N) is 4. The van der Waals surface area contributed by atoms with Crippen LogP contribution in [-0.2, 0) is 21.1 Å². The molecule has 0 unspecified atom stereocenters. The van der Waals surface area contributed by atoms with Gasteiger partial charge in [0.2, 0.25) is 5.95 Å². The molecule has 10 nitrogen and oxygen atoms in total. The number of nitrogens with one attached hydrogen (secondary N) is 1. The van der Waals surface area contributed by atoms with Crippen LogP contribution < -0.4 is 15.0 Å². The Labute approximate surface area is 296 Å². The second kappa shape index (κ2) is 12.7. The SMILES string of the molecule is O=C(NC1(C(=O)O)C2CC3CC(C2)CC1C3)c1cnc(N2CC3(CCOCC3)c3cc(OC4CCN(CC(F)(F)F)CC4)ccc32)nc1C(F)(F)F. The predicted molar refractivity (Wildman–Crippen MR) is 173 cm³/mol. The summed E-state index contributed by atoms with van der Waals surface area (Å²) in [4.78, 5) is 37.7. The summed E-state index contributed by atoms with van der Waals surface area (Å²) in [6.45, 7) is 0.638. The number of halogens is 6. The first-order valence-electron chi connectivity index (χ1n) is 18.1. The van der Waals surface area contributed by atoms with Crippen LogP contribution in [0.1, 0.15) is 79.4 Å². The first-order chi connectivity index (χ1) is 24.6. The Morgan fingerprint density at radius 1 is 0.981 bits per heavy atom. The average molecular weight is 738 g/mol. The fourth-order valence-corrected chi connectivity index (χ4v) is 10.4. The van der Waals surface area contributed by atoms with Gasteiger partial charge in [0, 0.05) is 50.1 Å². The lowest BCUT2D eigenvalue weighted by molar-refractivity contribution is -0.163. The van der Waals surface area contributed by atoms with Gasteiger partial charge in [-0.2, -0.15) is 26.3 Å². The highest BCUT2D eigenvalue weighted by Crippen LogP contribution is 2.58. The number of alkyl halides is 6. The van der Waals surface area contributed by atoms with Crippen molar-refractivity contribution >= 4 is 23.5 Å². The van der Waals surface area contributed by atoms with Crippen molar-refractivity contribution in [3.8, 4) is 5.75 Å². The molecule has 7 aliphatic rings. The fraction of sp³-hybridized carbons (Fsp3) is 0.667. The number of carbonyl (C=O) groups is 2. The van der Waals surface area contributed by atoms with Crippen molar-refractivity contribution in [2.45, 2.75) is 87.2 Å². The lowest BCUT2D eigenvalue weighted by Crippen LogP contribution is -2.70. The van der Waals surface area contributed by atoms with Crippen LogP contribution in [0, 0.1) is 23.7 Å². The van der Waals surface area contributed by atoms with Crippen LogP contribution in [0.4, 0.5) is 38.0 Å². The van der Waals surface area contributed by atoms with E-state index < -0.39 is 53.0 Å². The maximum atomic E-state index is 14.7. The summed E-state index contributed by atoms with van der Waals surface area (Å²) in [7, 11) is 0. The van der Waals surface area contributed by atoms with Gasteiger partial charge in [0.1, 0.15) is 17.4 Å². The van der Waals surface area contributed by atoms with Gasteiger partial charge in [0.15, 0.2) is 5.69 Å². The number of fused-ring (bicyclic) bond motifs is 2. The minimum absolute atomic E-state index is 0.246. The minimum Gasteiger partial charge on any atom is -0.490 e. The number of carboxylic acid groups (broad SMARTS) is 1. The molecule has 2 N–H and O–H groups in total. The first kappa shape index (κ1) is 35.4. The Bertz CT molecular complexity index is 1690. The third-order valence-electron chi connectivity index (χ3n) is 12.6. The number of rotatable bonds is 7. The number of likely N-dealkylation sites (tertiary alicyclic amines) is 1. The Balaban J connectivity index is 1.07. The molecule has 1 spiro atoms. The number of carbonyl (C=O) groups excluding carboxylic acids is 1. The quantitative estimate of drug-likeness (QED) is 0.325. The van der Waals surface area contributed by atoms with E-state index in [-0.39, 0.29) is 43.5 Å². The Kier molecular flexibility index (Phi) is 8.66. The molecule has 2 saturated heterocycles. The number of piperidine rings is 1. The molecule has 9 rings (SSSR count). The van der Waals surface area contributed by atoms with Crippen LogP contribution in [0.25, 0.3) is 0 Å². The maximum Gasteiger partial charge on any atom is 0.434 e. The normalized spacial score (nSPS) is 30.1. The van der Waals surface area contributed by atoms with Gasteiger partial charge in [0.25, 0.3) is 5.91 Å². The van der Waals surface area contributed by atoms with Crippen LogP contribution in [0.2, 0.25) is 0 Å². The molecule has 1 amide bonds. The summed E-state index contributed by atoms with van der Waals surface area (Å²) in [5, 5.41) is 13.0. The van der Waals surface area contributed by atoms with E-state index in [1.165, 1.54) is 4.90 Å². The molecule has 52 heavy (non-hydrogen) atoms. The van der Waals surface area contributed by atoms with E-state index in [9.17, 15) is 41.0 Å². The molecule has 16 heteroatoms. The van der Waals surface area contributed by atoms with Crippen molar-refractivity contribution in [3.63, 3.8) is 0 Å². The van der Waals surface area contributed by atoms with Gasteiger partial charge in [-0.1, -0.05) is 0 Å². The summed E-state index contributed by atoms with van der Waals surface area (Å²) in [5.41, 5.74) is -3.02. The molecular formula is C36H41F6N5O5. The Morgan fingerprint density at radius 2 is 1.63 bits per heavy atom. The van der Waals surface area contributed by atoms with Crippen LogP contribution in [0.15, 0.2) is 24.4 Å². The zero-order valence-corrected chi connectivity index (χ0v) is 28.4. The fourth-order valence-electron chi connectivity index (χ4n) is 10.4. The molecular weight excluding hydrogens is 696 g/mol. The standard InChI is InChI=1S/C36H41F6N5O5/c37-34(38,39)19-46-7-3-24(4-8-46)52-25-1-2-28-27(16-25)33(5-9-51-10-6-33)18-47(28)32-43-17-26(29(44-32)36(40,41)42)30(48)45-35(31(49)50)22-12-20-11-21(14-22)15-23(35)13-20/h1-2,16-17,20-24H,3-15,18-19H2,(H,45,48)(H,49,50). The maximum absolute atomic E-state index is 14.7. The molecule has 4 bridgehead atoms. The van der Waals surface area contributed by atoms with E-state index in [1.54, 1.807) is 17.0 Å². The molecule has 6 fully saturated rings. The lowest BCUT2D eigenvalue weighted by Gasteiger charge is -2.59. The molecule has 4 aliphatic carbocycles. The van der Waals surface area contributed by atoms with Crippen LogP contribution in [0.3, 0.4) is 0 Å². The van der Waals surface area contributed by atoms with Crippen molar-refractivity contribution in [1.82, 2.24) is 20.2 Å². The molecule has 282 valence electrons. The van der Waals surface area contributed by atoms with Crippen molar-refractivity contribution in [3.05, 3.63) is 41.2 Å². The topological polar surface area (TPSA) is 117 Å². The van der Waals surface area contributed by atoms with Crippen LogP contribution >= 0.6 is 0 Å². The summed E-state index contributed by atoms with van der Waals surface area (Å²) in [6, 6.07) is 5.27. The van der Waals surface area contributed by atoms with Gasteiger partial charge in [-0.3, -0.25) is 9.69 Å². The minimum atomic E-state index is -5.04. The molecule has 4 saturated carbocycles. The largest absolute Gasteiger partial charge is 0.490 e. The third kappa shape index (κ3) is 6.26. The van der Waals surface area contributed by atoms with Gasteiger partial charge in [-0.15, -0.1) is 0 Å². The second-order valence-electron chi connectivity index (χ2n) is 15.7. The number of anilines is 2. The molecule has 0 atom stereocenters. The number of hydrogen-bond donors (Lipinski definition) is 2. The summed E-state index contributed by atoms with van der Waals surface area (Å²) >= 11 is 0. The second-order valence-corrected chi connectivity index (χ2v) is 15.7. The molecule has 0 radical (unpaired) electrons. The monoisotopic (exact) mass is 737 g/mol. The molecule has 2 aromatic rings. The lowest BCUT2D eigenvalue weighted by atomic mass is 9.48. The van der Waals surface area contributed by atoms with E-state index in [1.807, 2.05) is 6.07 Å². The van der Waals surface area contributed by atoms with Crippen LogP contribution in [0.5, 0.6) is 5.75 Å². The Morgan fingerprint density at radius 3 is 2.23 bits per heavy atom. The number of ether oxygens (including phenoxy) is 2. The zero-order chi connectivity index (χ0) is 36.6. The third-order valence-corrected chi connectivity index (χ3v) is 12.6. The van der Waals surface area contributed by atoms with Crippen molar-refractivity contribution in [2.24, 2.45) is 23.7 Å². The summed E-state index contributed by atoms with van der Waals surface area (Å²) in [5.74, 6) is -2.07. The smallest absolute Gasteiger partial charge is 0.434 e. The molecule has 3 aliphatic heterocycles. The van der Waals surface area contributed by atoms with Gasteiger partial charge in [-0.05, 0) is 105 Å². The summed E-state index contributed by atoms with van der Waals surface area (Å²) < 4.78 is 94.6. The van der Waals surface area contributed by atoms with Crippen molar-refractivity contribution < 1.29 is 50.5 Å². The van der Waals surface area contributed by atoms with Gasteiger partial charge >= 0.3 is 18.3 Å². The first-order valence-corrected chi connectivity index (χ1v) is 18.1. The Hall–Kier alpha value is -3.66.